The molecule has 2 aromatic rings. The molecule has 0 aromatic heterocycles. The molecule has 0 aliphatic heterocycles. The van der Waals surface area contributed by atoms with Crippen LogP contribution in [0.2, 0.25) is 0 Å². The summed E-state index contributed by atoms with van der Waals surface area (Å²) < 4.78 is 11.0. The van der Waals surface area contributed by atoms with Gasteiger partial charge in [0, 0.05) is 18.3 Å². The van der Waals surface area contributed by atoms with E-state index < -0.39 is 0 Å². The number of ether oxygens (including phenoxy) is 2. The number of nitrogens with one attached hydrogen (secondary N) is 2. The average molecular weight is 330 g/mol. The summed E-state index contributed by atoms with van der Waals surface area (Å²) >= 11 is 5.33. The second-order valence-electron chi connectivity index (χ2n) is 4.85. The number of anilines is 1. The summed E-state index contributed by atoms with van der Waals surface area (Å²) in [6.45, 7) is 5.87. The van der Waals surface area contributed by atoms with Crippen LogP contribution in [-0.4, -0.2) is 18.3 Å². The minimum atomic E-state index is 0.570. The molecular weight excluding hydrogens is 308 g/mol. The first-order valence-electron chi connectivity index (χ1n) is 7.70. The van der Waals surface area contributed by atoms with Crippen LogP contribution < -0.4 is 20.1 Å². The lowest BCUT2D eigenvalue weighted by Gasteiger charge is -2.12. The molecule has 23 heavy (non-hydrogen) atoms. The largest absolute Gasteiger partial charge is 0.494 e. The second kappa shape index (κ2) is 9.00. The van der Waals surface area contributed by atoms with Gasteiger partial charge >= 0.3 is 0 Å². The van der Waals surface area contributed by atoms with E-state index in [-0.39, 0.29) is 0 Å². The zero-order valence-electron chi connectivity index (χ0n) is 13.5. The third-order valence-electron chi connectivity index (χ3n) is 3.07. The SMILES string of the molecule is CCOc1cccc(CNC(=S)Nc2cccc(OCC)c2)c1. The quantitative estimate of drug-likeness (QED) is 0.752. The van der Waals surface area contributed by atoms with Gasteiger partial charge in [-0.3, -0.25) is 0 Å². The molecule has 0 aliphatic carbocycles. The van der Waals surface area contributed by atoms with E-state index >= 15 is 0 Å². The zero-order valence-corrected chi connectivity index (χ0v) is 14.3. The first-order valence-corrected chi connectivity index (χ1v) is 8.11. The first-order chi connectivity index (χ1) is 11.2. The van der Waals surface area contributed by atoms with Crippen molar-refractivity contribution >= 4 is 23.0 Å². The van der Waals surface area contributed by atoms with E-state index in [0.29, 0.717) is 24.9 Å². The molecule has 122 valence electrons. The molecule has 0 saturated heterocycles. The molecule has 0 fully saturated rings. The van der Waals surface area contributed by atoms with Crippen molar-refractivity contribution < 1.29 is 9.47 Å². The maximum Gasteiger partial charge on any atom is 0.171 e. The van der Waals surface area contributed by atoms with E-state index in [1.165, 1.54) is 0 Å². The smallest absolute Gasteiger partial charge is 0.171 e. The van der Waals surface area contributed by atoms with Gasteiger partial charge in [0.2, 0.25) is 0 Å². The number of hydrogen-bond donors (Lipinski definition) is 2. The molecule has 0 amide bonds. The summed E-state index contributed by atoms with van der Waals surface area (Å²) in [4.78, 5) is 0. The highest BCUT2D eigenvalue weighted by atomic mass is 32.1. The number of rotatable bonds is 7. The minimum absolute atomic E-state index is 0.570. The number of thiocarbonyl (C=S) groups is 1. The molecule has 0 atom stereocenters. The van der Waals surface area contributed by atoms with Gasteiger partial charge in [0.25, 0.3) is 0 Å². The molecule has 0 radical (unpaired) electrons. The zero-order chi connectivity index (χ0) is 16.5. The van der Waals surface area contributed by atoms with Crippen molar-refractivity contribution in [3.63, 3.8) is 0 Å². The van der Waals surface area contributed by atoms with Crippen LogP contribution in [0.1, 0.15) is 19.4 Å². The molecule has 0 heterocycles. The Bertz CT molecular complexity index is 646. The predicted molar refractivity (Wildman–Crippen MR) is 98.3 cm³/mol. The van der Waals surface area contributed by atoms with E-state index in [2.05, 4.69) is 10.6 Å². The maximum absolute atomic E-state index is 5.49. The van der Waals surface area contributed by atoms with Gasteiger partial charge in [0.1, 0.15) is 11.5 Å². The fraction of sp³-hybridized carbons (Fsp3) is 0.278. The van der Waals surface area contributed by atoms with Crippen molar-refractivity contribution in [3.05, 3.63) is 54.1 Å². The summed E-state index contributed by atoms with van der Waals surface area (Å²) in [5.41, 5.74) is 2.01. The highest BCUT2D eigenvalue weighted by Crippen LogP contribution is 2.17. The lowest BCUT2D eigenvalue weighted by Crippen LogP contribution is -2.27. The highest BCUT2D eigenvalue weighted by molar-refractivity contribution is 7.80. The normalized spacial score (nSPS) is 10.0. The Balaban J connectivity index is 1.87. The predicted octanol–water partition coefficient (Wildman–Crippen LogP) is 3.97. The molecule has 0 bridgehead atoms. The van der Waals surface area contributed by atoms with Crippen LogP contribution >= 0.6 is 12.2 Å². The fourth-order valence-corrected chi connectivity index (χ4v) is 2.29. The third-order valence-corrected chi connectivity index (χ3v) is 3.31. The second-order valence-corrected chi connectivity index (χ2v) is 5.26. The van der Waals surface area contributed by atoms with E-state index in [4.69, 9.17) is 21.7 Å². The van der Waals surface area contributed by atoms with Crippen molar-refractivity contribution in [2.45, 2.75) is 20.4 Å². The first kappa shape index (κ1) is 17.1. The molecule has 2 N–H and O–H groups in total. The van der Waals surface area contributed by atoms with E-state index in [1.54, 1.807) is 0 Å². The van der Waals surface area contributed by atoms with Crippen molar-refractivity contribution in [2.24, 2.45) is 0 Å². The van der Waals surface area contributed by atoms with Crippen LogP contribution in [0.3, 0.4) is 0 Å². The van der Waals surface area contributed by atoms with Gasteiger partial charge in [0.05, 0.1) is 13.2 Å². The molecule has 2 aromatic carbocycles. The topological polar surface area (TPSA) is 42.5 Å². The van der Waals surface area contributed by atoms with Gasteiger partial charge in [-0.1, -0.05) is 18.2 Å². The van der Waals surface area contributed by atoms with E-state index in [1.807, 2.05) is 62.4 Å². The Morgan fingerprint density at radius 2 is 1.61 bits per heavy atom. The molecule has 4 nitrogen and oxygen atoms in total. The molecular formula is C18H22N2O2S. The summed E-state index contributed by atoms with van der Waals surface area (Å²) in [5, 5.41) is 6.92. The molecule has 2 rings (SSSR count). The van der Waals surface area contributed by atoms with Gasteiger partial charge in [-0.25, -0.2) is 0 Å². The van der Waals surface area contributed by atoms with Crippen molar-refractivity contribution in [1.82, 2.24) is 5.32 Å². The summed E-state index contributed by atoms with van der Waals surface area (Å²) in [6, 6.07) is 15.7. The fourth-order valence-electron chi connectivity index (χ4n) is 2.10. The van der Waals surface area contributed by atoms with Crippen LogP contribution in [0.4, 0.5) is 5.69 Å². The molecule has 5 heteroatoms. The number of benzene rings is 2. The standard InChI is InChI=1S/C18H22N2O2S/c1-3-21-16-9-5-7-14(11-16)13-19-18(23)20-15-8-6-10-17(12-15)22-4-2/h5-12H,3-4,13H2,1-2H3,(H2,19,20,23). The highest BCUT2D eigenvalue weighted by Gasteiger charge is 2.01. The van der Waals surface area contributed by atoms with Crippen molar-refractivity contribution in [2.75, 3.05) is 18.5 Å². The van der Waals surface area contributed by atoms with Crippen LogP contribution in [-0.2, 0) is 6.54 Å². The van der Waals surface area contributed by atoms with Crippen molar-refractivity contribution in [3.8, 4) is 11.5 Å². The van der Waals surface area contributed by atoms with Crippen LogP contribution in [0.25, 0.3) is 0 Å². The Morgan fingerprint density at radius 3 is 2.30 bits per heavy atom. The van der Waals surface area contributed by atoms with Crippen LogP contribution in [0, 0.1) is 0 Å². The Hall–Kier alpha value is -2.27. The lowest BCUT2D eigenvalue weighted by molar-refractivity contribution is 0.340. The van der Waals surface area contributed by atoms with Gasteiger partial charge < -0.3 is 20.1 Å². The van der Waals surface area contributed by atoms with Gasteiger partial charge in [-0.2, -0.15) is 0 Å². The summed E-state index contributed by atoms with van der Waals surface area (Å²) in [7, 11) is 0. The van der Waals surface area contributed by atoms with E-state index in [0.717, 1.165) is 22.7 Å². The Kier molecular flexibility index (Phi) is 6.69. The van der Waals surface area contributed by atoms with Gasteiger partial charge in [0.15, 0.2) is 5.11 Å². The van der Waals surface area contributed by atoms with Gasteiger partial charge in [-0.15, -0.1) is 0 Å². The Morgan fingerprint density at radius 1 is 0.957 bits per heavy atom. The lowest BCUT2D eigenvalue weighted by atomic mass is 10.2. The van der Waals surface area contributed by atoms with Gasteiger partial charge in [-0.05, 0) is 55.9 Å². The molecule has 0 unspecified atom stereocenters. The third kappa shape index (κ3) is 5.79. The Labute approximate surface area is 142 Å². The van der Waals surface area contributed by atoms with Crippen LogP contribution in [0.5, 0.6) is 11.5 Å². The monoisotopic (exact) mass is 330 g/mol. The molecule has 0 aliphatic rings. The summed E-state index contributed by atoms with van der Waals surface area (Å²) in [5.74, 6) is 1.69. The van der Waals surface area contributed by atoms with Crippen LogP contribution in [0.15, 0.2) is 48.5 Å². The van der Waals surface area contributed by atoms with E-state index in [9.17, 15) is 0 Å². The van der Waals surface area contributed by atoms with Crippen molar-refractivity contribution in [1.29, 1.82) is 0 Å². The molecule has 0 saturated carbocycles. The number of hydrogen-bond acceptors (Lipinski definition) is 3. The maximum atomic E-state index is 5.49. The summed E-state index contributed by atoms with van der Waals surface area (Å²) in [6.07, 6.45) is 0. The molecule has 0 spiro atoms. The minimum Gasteiger partial charge on any atom is -0.494 e. The average Bonchev–Trinajstić information content (AvgIpc) is 2.54.